The third-order valence-electron chi connectivity index (χ3n) is 3.70. The number of nitrogens with zero attached hydrogens (tertiary/aromatic N) is 1. The van der Waals surface area contributed by atoms with Crippen LogP contribution in [0, 0.1) is 12.8 Å². The maximum absolute atomic E-state index is 12.2. The molecule has 0 bridgehead atoms. The number of aliphatic carboxylic acids is 1. The number of methoxy groups -OCH3 is 1. The van der Waals surface area contributed by atoms with Gasteiger partial charge in [-0.15, -0.1) is 0 Å². The first-order valence-corrected chi connectivity index (χ1v) is 6.94. The van der Waals surface area contributed by atoms with Crippen LogP contribution < -0.4 is 10.1 Å². The van der Waals surface area contributed by atoms with Gasteiger partial charge in [-0.05, 0) is 43.5 Å². The van der Waals surface area contributed by atoms with Crippen LogP contribution >= 0.6 is 0 Å². The molecular formula is C15H20N2O4. The molecule has 2 N–H and O–H groups in total. The Bertz CT molecular complexity index is 544. The van der Waals surface area contributed by atoms with Gasteiger partial charge < -0.3 is 20.1 Å². The molecular weight excluding hydrogens is 272 g/mol. The lowest BCUT2D eigenvalue weighted by atomic mass is 9.99. The zero-order valence-electron chi connectivity index (χ0n) is 12.3. The van der Waals surface area contributed by atoms with Crippen LogP contribution in [-0.2, 0) is 4.79 Å². The number of aryl methyl sites for hydroxylation is 1. The second kappa shape index (κ2) is 6.47. The molecule has 1 aromatic carbocycles. The lowest BCUT2D eigenvalue weighted by Crippen LogP contribution is -2.44. The molecule has 1 heterocycles. The Morgan fingerprint density at radius 1 is 1.43 bits per heavy atom. The molecule has 1 aliphatic rings. The van der Waals surface area contributed by atoms with Crippen LogP contribution in [0.2, 0.25) is 0 Å². The highest BCUT2D eigenvalue weighted by Gasteiger charge is 2.28. The predicted octanol–water partition coefficient (Wildman–Crippen LogP) is 2.33. The van der Waals surface area contributed by atoms with Gasteiger partial charge >= 0.3 is 12.0 Å². The van der Waals surface area contributed by atoms with E-state index in [9.17, 15) is 9.59 Å². The fourth-order valence-electron chi connectivity index (χ4n) is 2.52. The molecule has 1 aromatic rings. The van der Waals surface area contributed by atoms with Crippen molar-refractivity contribution in [1.82, 2.24) is 4.90 Å². The van der Waals surface area contributed by atoms with Crippen molar-refractivity contribution in [1.29, 1.82) is 0 Å². The zero-order chi connectivity index (χ0) is 15.4. The minimum Gasteiger partial charge on any atom is -0.496 e. The summed E-state index contributed by atoms with van der Waals surface area (Å²) in [5, 5.41) is 11.9. The number of hydrogen-bond donors (Lipinski definition) is 2. The lowest BCUT2D eigenvalue weighted by molar-refractivity contribution is -0.143. The van der Waals surface area contributed by atoms with Crippen LogP contribution in [0.1, 0.15) is 18.4 Å². The van der Waals surface area contributed by atoms with E-state index in [0.29, 0.717) is 25.1 Å². The van der Waals surface area contributed by atoms with Crippen molar-refractivity contribution in [3.8, 4) is 5.75 Å². The highest BCUT2D eigenvalue weighted by atomic mass is 16.5. The Hall–Kier alpha value is -2.24. The van der Waals surface area contributed by atoms with Gasteiger partial charge in [0.2, 0.25) is 0 Å². The number of carbonyl (C=O) groups is 2. The van der Waals surface area contributed by atoms with Crippen molar-refractivity contribution < 1.29 is 19.4 Å². The van der Waals surface area contributed by atoms with Gasteiger partial charge in [0, 0.05) is 18.8 Å². The number of piperidine rings is 1. The number of benzene rings is 1. The zero-order valence-corrected chi connectivity index (χ0v) is 12.3. The lowest BCUT2D eigenvalue weighted by Gasteiger charge is -2.30. The van der Waals surface area contributed by atoms with Gasteiger partial charge in [0.05, 0.1) is 13.0 Å². The molecule has 2 rings (SSSR count). The van der Waals surface area contributed by atoms with Crippen molar-refractivity contribution in [3.63, 3.8) is 0 Å². The Morgan fingerprint density at radius 3 is 2.81 bits per heavy atom. The number of carboxylic acid groups (broad SMARTS) is 1. The van der Waals surface area contributed by atoms with E-state index in [1.807, 2.05) is 13.0 Å². The SMILES string of the molecule is COc1ccc(NC(=O)N2CCC[C@@H](C(=O)O)C2)cc1C. The summed E-state index contributed by atoms with van der Waals surface area (Å²) in [7, 11) is 1.60. The maximum atomic E-state index is 12.2. The van der Waals surface area contributed by atoms with Gasteiger partial charge in [-0.1, -0.05) is 0 Å². The smallest absolute Gasteiger partial charge is 0.321 e. The molecule has 6 heteroatoms. The number of likely N-dealkylation sites (tertiary alicyclic amines) is 1. The molecule has 1 atom stereocenters. The molecule has 0 saturated carbocycles. The summed E-state index contributed by atoms with van der Waals surface area (Å²) in [6.07, 6.45) is 1.34. The molecule has 0 aliphatic carbocycles. The summed E-state index contributed by atoms with van der Waals surface area (Å²) in [5.41, 5.74) is 1.60. The number of carbonyl (C=O) groups excluding carboxylic acids is 1. The maximum Gasteiger partial charge on any atom is 0.321 e. The number of urea groups is 1. The highest BCUT2D eigenvalue weighted by molar-refractivity contribution is 5.90. The van der Waals surface area contributed by atoms with E-state index in [0.717, 1.165) is 11.3 Å². The molecule has 1 aliphatic heterocycles. The third kappa shape index (κ3) is 3.65. The Balaban J connectivity index is 2.00. The minimum absolute atomic E-state index is 0.259. The summed E-state index contributed by atoms with van der Waals surface area (Å²) >= 11 is 0. The average molecular weight is 292 g/mol. The number of amides is 2. The first kappa shape index (κ1) is 15.2. The normalized spacial score (nSPS) is 18.2. The Morgan fingerprint density at radius 2 is 2.19 bits per heavy atom. The van der Waals surface area contributed by atoms with E-state index in [-0.39, 0.29) is 12.6 Å². The summed E-state index contributed by atoms with van der Waals surface area (Å²) in [6.45, 7) is 2.75. The summed E-state index contributed by atoms with van der Waals surface area (Å²) < 4.78 is 5.17. The number of carboxylic acids is 1. The van der Waals surface area contributed by atoms with Gasteiger partial charge in [0.25, 0.3) is 0 Å². The van der Waals surface area contributed by atoms with Crippen molar-refractivity contribution in [2.45, 2.75) is 19.8 Å². The third-order valence-corrected chi connectivity index (χ3v) is 3.70. The standard InChI is InChI=1S/C15H20N2O4/c1-10-8-12(5-6-13(10)21-2)16-15(20)17-7-3-4-11(9-17)14(18)19/h5-6,8,11H,3-4,7,9H2,1-2H3,(H,16,20)(H,18,19)/t11-/m1/s1. The van der Waals surface area contributed by atoms with Crippen molar-refractivity contribution >= 4 is 17.7 Å². The molecule has 2 amide bonds. The first-order chi connectivity index (χ1) is 10.0. The van der Waals surface area contributed by atoms with Crippen molar-refractivity contribution in [2.24, 2.45) is 5.92 Å². The summed E-state index contributed by atoms with van der Waals surface area (Å²) in [6, 6.07) is 5.13. The number of rotatable bonds is 3. The summed E-state index contributed by atoms with van der Waals surface area (Å²) in [5.74, 6) is -0.549. The van der Waals surface area contributed by atoms with E-state index < -0.39 is 11.9 Å². The molecule has 0 spiro atoms. The number of hydrogen-bond acceptors (Lipinski definition) is 3. The number of ether oxygens (including phenoxy) is 1. The van der Waals surface area contributed by atoms with Crippen LogP contribution in [-0.4, -0.2) is 42.2 Å². The van der Waals surface area contributed by atoms with E-state index in [4.69, 9.17) is 9.84 Å². The largest absolute Gasteiger partial charge is 0.496 e. The first-order valence-electron chi connectivity index (χ1n) is 6.94. The van der Waals surface area contributed by atoms with Gasteiger partial charge in [0.1, 0.15) is 5.75 Å². The molecule has 0 aromatic heterocycles. The highest BCUT2D eigenvalue weighted by Crippen LogP contribution is 2.22. The molecule has 114 valence electrons. The van der Waals surface area contributed by atoms with Crippen LogP contribution in [0.5, 0.6) is 5.75 Å². The second-order valence-electron chi connectivity index (χ2n) is 5.24. The molecule has 0 radical (unpaired) electrons. The van der Waals surface area contributed by atoms with Crippen molar-refractivity contribution in [2.75, 3.05) is 25.5 Å². The Kier molecular flexibility index (Phi) is 4.67. The second-order valence-corrected chi connectivity index (χ2v) is 5.24. The topological polar surface area (TPSA) is 78.9 Å². The fourth-order valence-corrected chi connectivity index (χ4v) is 2.52. The molecule has 0 unspecified atom stereocenters. The van der Waals surface area contributed by atoms with Crippen LogP contribution in [0.25, 0.3) is 0 Å². The van der Waals surface area contributed by atoms with Crippen molar-refractivity contribution in [3.05, 3.63) is 23.8 Å². The minimum atomic E-state index is -0.840. The van der Waals surface area contributed by atoms with E-state index in [2.05, 4.69) is 5.32 Å². The van der Waals surface area contributed by atoms with Crippen LogP contribution in [0.4, 0.5) is 10.5 Å². The van der Waals surface area contributed by atoms with Gasteiger partial charge in [0.15, 0.2) is 0 Å². The fraction of sp³-hybridized carbons (Fsp3) is 0.467. The summed E-state index contributed by atoms with van der Waals surface area (Å²) in [4.78, 5) is 24.8. The average Bonchev–Trinajstić information content (AvgIpc) is 2.47. The molecule has 21 heavy (non-hydrogen) atoms. The Labute approximate surface area is 123 Å². The molecule has 1 fully saturated rings. The van der Waals surface area contributed by atoms with Crippen LogP contribution in [0.15, 0.2) is 18.2 Å². The van der Waals surface area contributed by atoms with E-state index in [1.165, 1.54) is 0 Å². The van der Waals surface area contributed by atoms with E-state index >= 15 is 0 Å². The van der Waals surface area contributed by atoms with E-state index in [1.54, 1.807) is 24.1 Å². The number of anilines is 1. The molecule has 6 nitrogen and oxygen atoms in total. The predicted molar refractivity (Wildman–Crippen MR) is 78.7 cm³/mol. The molecule has 1 saturated heterocycles. The number of nitrogens with one attached hydrogen (secondary N) is 1. The van der Waals surface area contributed by atoms with Gasteiger partial charge in [-0.25, -0.2) is 4.79 Å². The quantitative estimate of drug-likeness (QED) is 0.896. The van der Waals surface area contributed by atoms with Gasteiger partial charge in [-0.2, -0.15) is 0 Å². The van der Waals surface area contributed by atoms with Crippen LogP contribution in [0.3, 0.4) is 0 Å². The monoisotopic (exact) mass is 292 g/mol. The van der Waals surface area contributed by atoms with Gasteiger partial charge in [-0.3, -0.25) is 4.79 Å².